The molecule has 0 unspecified atom stereocenters. The van der Waals surface area contributed by atoms with Crippen molar-refractivity contribution in [2.45, 2.75) is 25.4 Å². The molecule has 0 atom stereocenters. The van der Waals surface area contributed by atoms with Crippen LogP contribution in [0.5, 0.6) is 0 Å². The van der Waals surface area contributed by atoms with Crippen LogP contribution in [-0.4, -0.2) is 16.8 Å². The van der Waals surface area contributed by atoms with Gasteiger partial charge in [0.05, 0.1) is 11.3 Å². The Hall–Kier alpha value is -1.85. The van der Waals surface area contributed by atoms with Gasteiger partial charge in [0.1, 0.15) is 0 Å². The van der Waals surface area contributed by atoms with Crippen molar-refractivity contribution in [3.8, 4) is 0 Å². The van der Waals surface area contributed by atoms with Gasteiger partial charge in [0.2, 0.25) is 0 Å². The third-order valence-electron chi connectivity index (χ3n) is 3.49. The number of nitrogens with one attached hydrogen (secondary N) is 1. The van der Waals surface area contributed by atoms with Gasteiger partial charge >= 0.3 is 0 Å². The van der Waals surface area contributed by atoms with E-state index in [4.69, 9.17) is 5.84 Å². The number of anilines is 1. The fourth-order valence-electron chi connectivity index (χ4n) is 2.28. The number of hydrazine groups is 1. The molecule has 1 amide bonds. The van der Waals surface area contributed by atoms with Gasteiger partial charge in [-0.3, -0.25) is 10.6 Å². The van der Waals surface area contributed by atoms with Crippen LogP contribution in [0.3, 0.4) is 0 Å². The summed E-state index contributed by atoms with van der Waals surface area (Å²) in [7, 11) is 0. The summed E-state index contributed by atoms with van der Waals surface area (Å²) in [6.45, 7) is 0.673. The van der Waals surface area contributed by atoms with E-state index in [2.05, 4.69) is 16.9 Å². The molecule has 2 aromatic rings. The summed E-state index contributed by atoms with van der Waals surface area (Å²) in [6, 6.07) is 9.81. The van der Waals surface area contributed by atoms with Crippen molar-refractivity contribution in [1.82, 2.24) is 4.90 Å². The lowest BCUT2D eigenvalue weighted by atomic mass is 10.1. The Morgan fingerprint density at radius 2 is 2.15 bits per heavy atom. The standard InChI is InChI=1S/C15H17N3OS/c16-17-14-4-2-1-3-13(14)15(19)18(12-5-6-12)9-11-7-8-20-10-11/h1-4,7-8,10,12,17H,5-6,9,16H2. The van der Waals surface area contributed by atoms with Crippen molar-refractivity contribution in [1.29, 1.82) is 0 Å². The third-order valence-corrected chi connectivity index (χ3v) is 4.23. The molecule has 1 aliphatic rings. The number of hydrogen-bond acceptors (Lipinski definition) is 4. The third kappa shape index (κ3) is 2.69. The number of nitrogens with two attached hydrogens (primary N) is 1. The molecule has 1 aromatic heterocycles. The second kappa shape index (κ2) is 5.64. The minimum absolute atomic E-state index is 0.0484. The van der Waals surface area contributed by atoms with Gasteiger partial charge in [-0.25, -0.2) is 0 Å². The normalized spacial score (nSPS) is 14.1. The summed E-state index contributed by atoms with van der Waals surface area (Å²) in [5.41, 5.74) is 5.10. The average molecular weight is 287 g/mol. The summed E-state index contributed by atoms with van der Waals surface area (Å²) >= 11 is 1.66. The van der Waals surface area contributed by atoms with Crippen molar-refractivity contribution < 1.29 is 4.79 Å². The fourth-order valence-corrected chi connectivity index (χ4v) is 2.94. The lowest BCUT2D eigenvalue weighted by Gasteiger charge is -2.23. The molecule has 20 heavy (non-hydrogen) atoms. The second-order valence-electron chi connectivity index (χ2n) is 4.99. The number of nitrogen functional groups attached to an aromatic ring is 1. The summed E-state index contributed by atoms with van der Waals surface area (Å²) < 4.78 is 0. The molecule has 1 saturated carbocycles. The van der Waals surface area contributed by atoms with Crippen molar-refractivity contribution >= 4 is 22.9 Å². The molecule has 1 aliphatic carbocycles. The van der Waals surface area contributed by atoms with Crippen molar-refractivity contribution in [3.05, 3.63) is 52.2 Å². The lowest BCUT2D eigenvalue weighted by Crippen LogP contribution is -2.33. The van der Waals surface area contributed by atoms with Crippen LogP contribution in [0.1, 0.15) is 28.8 Å². The number of thiophene rings is 1. The zero-order valence-electron chi connectivity index (χ0n) is 11.1. The van der Waals surface area contributed by atoms with Crippen LogP contribution >= 0.6 is 11.3 Å². The Morgan fingerprint density at radius 3 is 2.80 bits per heavy atom. The molecule has 3 rings (SSSR count). The predicted molar refractivity (Wildman–Crippen MR) is 81.5 cm³/mol. The van der Waals surface area contributed by atoms with Crippen LogP contribution < -0.4 is 11.3 Å². The minimum atomic E-state index is 0.0484. The van der Waals surface area contributed by atoms with E-state index in [1.54, 1.807) is 11.3 Å². The summed E-state index contributed by atoms with van der Waals surface area (Å²) in [6.07, 6.45) is 2.18. The van der Waals surface area contributed by atoms with Crippen LogP contribution in [-0.2, 0) is 6.54 Å². The number of amides is 1. The molecule has 4 nitrogen and oxygen atoms in total. The van der Waals surface area contributed by atoms with Gasteiger partial charge in [-0.05, 0) is 47.4 Å². The van der Waals surface area contributed by atoms with E-state index in [-0.39, 0.29) is 5.91 Å². The molecule has 0 bridgehead atoms. The maximum absolute atomic E-state index is 12.8. The van der Waals surface area contributed by atoms with Gasteiger partial charge in [-0.1, -0.05) is 12.1 Å². The van der Waals surface area contributed by atoms with Gasteiger partial charge in [-0.15, -0.1) is 0 Å². The highest BCUT2D eigenvalue weighted by molar-refractivity contribution is 7.07. The highest BCUT2D eigenvalue weighted by atomic mass is 32.1. The Labute approximate surface area is 122 Å². The largest absolute Gasteiger partial charge is 0.331 e. The maximum Gasteiger partial charge on any atom is 0.256 e. The van der Waals surface area contributed by atoms with E-state index in [1.165, 1.54) is 5.56 Å². The number of carbonyl (C=O) groups excluding carboxylic acids is 1. The molecule has 5 heteroatoms. The number of rotatable bonds is 5. The van der Waals surface area contributed by atoms with E-state index in [9.17, 15) is 4.79 Å². The highest BCUT2D eigenvalue weighted by Gasteiger charge is 2.33. The first-order chi connectivity index (χ1) is 9.79. The van der Waals surface area contributed by atoms with Crippen molar-refractivity contribution in [2.75, 3.05) is 5.43 Å². The molecule has 0 radical (unpaired) electrons. The first-order valence-electron chi connectivity index (χ1n) is 6.67. The zero-order valence-corrected chi connectivity index (χ0v) is 11.9. The van der Waals surface area contributed by atoms with Crippen LogP contribution in [0.15, 0.2) is 41.1 Å². The molecular weight excluding hydrogens is 270 g/mol. The quantitative estimate of drug-likeness (QED) is 0.656. The summed E-state index contributed by atoms with van der Waals surface area (Å²) in [5, 5.41) is 4.13. The van der Waals surface area contributed by atoms with E-state index in [0.29, 0.717) is 23.8 Å². The van der Waals surface area contributed by atoms with E-state index >= 15 is 0 Å². The Balaban J connectivity index is 1.85. The Kier molecular flexibility index (Phi) is 3.71. The fraction of sp³-hybridized carbons (Fsp3) is 0.267. The number of para-hydroxylation sites is 1. The molecule has 3 N–H and O–H groups in total. The molecule has 1 heterocycles. The smallest absolute Gasteiger partial charge is 0.256 e. The SMILES string of the molecule is NNc1ccccc1C(=O)N(Cc1ccsc1)C1CC1. The maximum atomic E-state index is 12.8. The van der Waals surface area contributed by atoms with Crippen LogP contribution in [0.4, 0.5) is 5.69 Å². The molecule has 0 aliphatic heterocycles. The first-order valence-corrected chi connectivity index (χ1v) is 7.61. The molecule has 0 saturated heterocycles. The highest BCUT2D eigenvalue weighted by Crippen LogP contribution is 2.31. The minimum Gasteiger partial charge on any atom is -0.331 e. The van der Waals surface area contributed by atoms with E-state index in [0.717, 1.165) is 12.8 Å². The monoisotopic (exact) mass is 287 g/mol. The lowest BCUT2D eigenvalue weighted by molar-refractivity contribution is 0.0731. The number of nitrogens with zero attached hydrogens (tertiary/aromatic N) is 1. The van der Waals surface area contributed by atoms with Gasteiger partial charge < -0.3 is 10.3 Å². The predicted octanol–water partition coefficient (Wildman–Crippen LogP) is 2.84. The van der Waals surface area contributed by atoms with Gasteiger partial charge in [0.25, 0.3) is 5.91 Å². The van der Waals surface area contributed by atoms with Gasteiger partial charge in [-0.2, -0.15) is 11.3 Å². The van der Waals surface area contributed by atoms with E-state index < -0.39 is 0 Å². The van der Waals surface area contributed by atoms with Crippen molar-refractivity contribution in [2.24, 2.45) is 5.84 Å². The van der Waals surface area contributed by atoms with Gasteiger partial charge in [0, 0.05) is 12.6 Å². The summed E-state index contributed by atoms with van der Waals surface area (Å²) in [4.78, 5) is 14.7. The topological polar surface area (TPSA) is 58.4 Å². The molecule has 0 spiro atoms. The van der Waals surface area contributed by atoms with E-state index in [1.807, 2.05) is 34.5 Å². The van der Waals surface area contributed by atoms with Crippen LogP contribution in [0, 0.1) is 0 Å². The molecular formula is C15H17N3OS. The molecule has 1 fully saturated rings. The van der Waals surface area contributed by atoms with Crippen LogP contribution in [0.25, 0.3) is 0 Å². The van der Waals surface area contributed by atoms with Gasteiger partial charge in [0.15, 0.2) is 0 Å². The number of benzene rings is 1. The zero-order chi connectivity index (χ0) is 13.9. The van der Waals surface area contributed by atoms with Crippen LogP contribution in [0.2, 0.25) is 0 Å². The first kappa shape index (κ1) is 13.1. The number of hydrogen-bond donors (Lipinski definition) is 2. The Bertz CT molecular complexity index is 593. The summed E-state index contributed by atoms with van der Waals surface area (Å²) in [5.74, 6) is 5.55. The second-order valence-corrected chi connectivity index (χ2v) is 5.77. The molecule has 1 aromatic carbocycles. The Morgan fingerprint density at radius 1 is 1.35 bits per heavy atom. The number of carbonyl (C=O) groups is 1. The molecule has 104 valence electrons. The average Bonchev–Trinajstić information content (AvgIpc) is 3.20. The van der Waals surface area contributed by atoms with Crippen molar-refractivity contribution in [3.63, 3.8) is 0 Å².